The summed E-state index contributed by atoms with van der Waals surface area (Å²) in [6, 6.07) is 0. The standard InChI is InChI=1S/C13H29NO/c1-12(2)7-10-15-9-6-8-14(5)11-13(3)4/h12-13H,6-11H2,1-5H3. The summed E-state index contributed by atoms with van der Waals surface area (Å²) in [6.45, 7) is 13.2. The fraction of sp³-hybridized carbons (Fsp3) is 1.00. The lowest BCUT2D eigenvalue weighted by Crippen LogP contribution is -2.25. The second-order valence-electron chi connectivity index (χ2n) is 5.30. The Hall–Kier alpha value is -0.0800. The van der Waals surface area contributed by atoms with E-state index in [0.717, 1.165) is 38.0 Å². The molecule has 0 radical (unpaired) electrons. The first-order valence-electron chi connectivity index (χ1n) is 6.28. The van der Waals surface area contributed by atoms with E-state index in [0.29, 0.717) is 0 Å². The van der Waals surface area contributed by atoms with Gasteiger partial charge in [0.1, 0.15) is 0 Å². The predicted octanol–water partition coefficient (Wildman–Crippen LogP) is 3.03. The molecule has 0 amide bonds. The fourth-order valence-electron chi connectivity index (χ4n) is 1.57. The SMILES string of the molecule is CC(C)CCOCCCN(C)CC(C)C. The average Bonchev–Trinajstić information content (AvgIpc) is 2.09. The minimum absolute atomic E-state index is 0.758. The number of hydrogen-bond acceptors (Lipinski definition) is 2. The third-order valence-electron chi connectivity index (χ3n) is 2.34. The van der Waals surface area contributed by atoms with Crippen LogP contribution in [-0.2, 0) is 4.74 Å². The third-order valence-corrected chi connectivity index (χ3v) is 2.34. The molecule has 92 valence electrons. The molecular weight excluding hydrogens is 186 g/mol. The van der Waals surface area contributed by atoms with Crippen molar-refractivity contribution in [3.05, 3.63) is 0 Å². The highest BCUT2D eigenvalue weighted by Gasteiger charge is 2.01. The predicted molar refractivity (Wildman–Crippen MR) is 67.2 cm³/mol. The molecule has 15 heavy (non-hydrogen) atoms. The van der Waals surface area contributed by atoms with E-state index >= 15 is 0 Å². The topological polar surface area (TPSA) is 12.5 Å². The molecule has 2 nitrogen and oxygen atoms in total. The maximum Gasteiger partial charge on any atom is 0.0478 e. The van der Waals surface area contributed by atoms with Gasteiger partial charge in [-0.25, -0.2) is 0 Å². The van der Waals surface area contributed by atoms with Gasteiger partial charge in [-0.05, 0) is 31.7 Å². The Morgan fingerprint density at radius 2 is 1.67 bits per heavy atom. The van der Waals surface area contributed by atoms with Crippen molar-refractivity contribution in [3.8, 4) is 0 Å². The van der Waals surface area contributed by atoms with E-state index in [1.54, 1.807) is 0 Å². The van der Waals surface area contributed by atoms with E-state index in [1.165, 1.54) is 13.0 Å². The smallest absolute Gasteiger partial charge is 0.0478 e. The first-order chi connectivity index (χ1) is 7.02. The van der Waals surface area contributed by atoms with Crippen molar-refractivity contribution in [2.75, 3.05) is 33.4 Å². The molecule has 0 aromatic heterocycles. The van der Waals surface area contributed by atoms with Crippen molar-refractivity contribution < 1.29 is 4.74 Å². The Bertz CT molecular complexity index is 134. The zero-order chi connectivity index (χ0) is 11.7. The van der Waals surface area contributed by atoms with E-state index in [4.69, 9.17) is 4.74 Å². The maximum absolute atomic E-state index is 5.57. The quantitative estimate of drug-likeness (QED) is 0.548. The summed E-state index contributed by atoms with van der Waals surface area (Å²) in [5, 5.41) is 0. The van der Waals surface area contributed by atoms with Crippen LogP contribution in [0.15, 0.2) is 0 Å². The highest BCUT2D eigenvalue weighted by molar-refractivity contribution is 4.54. The molecule has 0 saturated carbocycles. The van der Waals surface area contributed by atoms with Gasteiger partial charge in [-0.15, -0.1) is 0 Å². The van der Waals surface area contributed by atoms with E-state index in [2.05, 4.69) is 39.6 Å². The van der Waals surface area contributed by atoms with Crippen LogP contribution in [0.3, 0.4) is 0 Å². The van der Waals surface area contributed by atoms with Gasteiger partial charge in [0.2, 0.25) is 0 Å². The highest BCUT2D eigenvalue weighted by atomic mass is 16.5. The van der Waals surface area contributed by atoms with E-state index in [9.17, 15) is 0 Å². The van der Waals surface area contributed by atoms with Crippen LogP contribution in [0, 0.1) is 11.8 Å². The van der Waals surface area contributed by atoms with Crippen LogP contribution in [0.4, 0.5) is 0 Å². The normalized spacial score (nSPS) is 12.0. The summed E-state index contributed by atoms with van der Waals surface area (Å²) in [4.78, 5) is 2.39. The van der Waals surface area contributed by atoms with E-state index in [-0.39, 0.29) is 0 Å². The summed E-state index contributed by atoms with van der Waals surface area (Å²) >= 11 is 0. The lowest BCUT2D eigenvalue weighted by molar-refractivity contribution is 0.113. The van der Waals surface area contributed by atoms with Crippen molar-refractivity contribution in [3.63, 3.8) is 0 Å². The van der Waals surface area contributed by atoms with Crippen LogP contribution >= 0.6 is 0 Å². The largest absolute Gasteiger partial charge is 0.381 e. The average molecular weight is 215 g/mol. The van der Waals surface area contributed by atoms with E-state index in [1.807, 2.05) is 0 Å². The molecule has 0 heterocycles. The molecule has 0 aromatic carbocycles. The van der Waals surface area contributed by atoms with Crippen molar-refractivity contribution >= 4 is 0 Å². The fourth-order valence-corrected chi connectivity index (χ4v) is 1.57. The summed E-state index contributed by atoms with van der Waals surface area (Å²) in [6.07, 6.45) is 2.34. The summed E-state index contributed by atoms with van der Waals surface area (Å²) in [5.74, 6) is 1.52. The Morgan fingerprint density at radius 1 is 1.00 bits per heavy atom. The second kappa shape index (κ2) is 9.17. The van der Waals surface area contributed by atoms with Crippen LogP contribution in [0.25, 0.3) is 0 Å². The van der Waals surface area contributed by atoms with Gasteiger partial charge in [-0.3, -0.25) is 0 Å². The van der Waals surface area contributed by atoms with E-state index < -0.39 is 0 Å². The molecule has 0 saturated heterocycles. The number of nitrogens with zero attached hydrogens (tertiary/aromatic N) is 1. The summed E-state index contributed by atoms with van der Waals surface area (Å²) in [7, 11) is 2.19. The van der Waals surface area contributed by atoms with Crippen molar-refractivity contribution in [2.24, 2.45) is 11.8 Å². The summed E-state index contributed by atoms with van der Waals surface area (Å²) in [5.41, 5.74) is 0. The Kier molecular flexibility index (Phi) is 9.12. The van der Waals surface area contributed by atoms with Crippen molar-refractivity contribution in [1.29, 1.82) is 0 Å². The molecule has 0 atom stereocenters. The van der Waals surface area contributed by atoms with Crippen molar-refractivity contribution in [2.45, 2.75) is 40.5 Å². The molecule has 0 aliphatic carbocycles. The zero-order valence-corrected chi connectivity index (χ0v) is 11.3. The molecule has 0 fully saturated rings. The Labute approximate surface area is 96.0 Å². The molecule has 0 aliphatic heterocycles. The molecule has 0 aromatic rings. The van der Waals surface area contributed by atoms with Gasteiger partial charge in [-0.2, -0.15) is 0 Å². The van der Waals surface area contributed by atoms with Gasteiger partial charge < -0.3 is 9.64 Å². The molecule has 0 rings (SSSR count). The van der Waals surface area contributed by atoms with Gasteiger partial charge in [0.25, 0.3) is 0 Å². The monoisotopic (exact) mass is 215 g/mol. The zero-order valence-electron chi connectivity index (χ0n) is 11.3. The first kappa shape index (κ1) is 14.9. The molecule has 0 unspecified atom stereocenters. The number of ether oxygens (including phenoxy) is 1. The Morgan fingerprint density at radius 3 is 2.20 bits per heavy atom. The number of rotatable bonds is 9. The molecule has 0 spiro atoms. The lowest BCUT2D eigenvalue weighted by atomic mass is 10.1. The van der Waals surface area contributed by atoms with Crippen LogP contribution < -0.4 is 0 Å². The van der Waals surface area contributed by atoms with Crippen molar-refractivity contribution in [1.82, 2.24) is 4.90 Å². The van der Waals surface area contributed by atoms with Crippen LogP contribution in [0.1, 0.15) is 40.5 Å². The minimum Gasteiger partial charge on any atom is -0.381 e. The first-order valence-corrected chi connectivity index (χ1v) is 6.28. The van der Waals surface area contributed by atoms with Gasteiger partial charge >= 0.3 is 0 Å². The van der Waals surface area contributed by atoms with Gasteiger partial charge in [0.05, 0.1) is 0 Å². The highest BCUT2D eigenvalue weighted by Crippen LogP contribution is 2.00. The van der Waals surface area contributed by atoms with Crippen LogP contribution in [0.5, 0.6) is 0 Å². The Balaban J connectivity index is 3.16. The second-order valence-corrected chi connectivity index (χ2v) is 5.30. The molecule has 0 bridgehead atoms. The van der Waals surface area contributed by atoms with Gasteiger partial charge in [-0.1, -0.05) is 27.7 Å². The van der Waals surface area contributed by atoms with Crippen LogP contribution in [-0.4, -0.2) is 38.3 Å². The lowest BCUT2D eigenvalue weighted by Gasteiger charge is -2.18. The van der Waals surface area contributed by atoms with Gasteiger partial charge in [0, 0.05) is 26.3 Å². The third kappa shape index (κ3) is 11.8. The minimum atomic E-state index is 0.758. The molecular formula is C13H29NO. The maximum atomic E-state index is 5.57. The van der Waals surface area contributed by atoms with Gasteiger partial charge in [0.15, 0.2) is 0 Å². The summed E-state index contributed by atoms with van der Waals surface area (Å²) < 4.78 is 5.57. The molecule has 0 N–H and O–H groups in total. The molecule has 0 aliphatic rings. The molecule has 2 heteroatoms. The number of hydrogen-bond donors (Lipinski definition) is 0. The van der Waals surface area contributed by atoms with Crippen LogP contribution in [0.2, 0.25) is 0 Å².